The summed E-state index contributed by atoms with van der Waals surface area (Å²) in [4.78, 5) is 29.2. The largest absolute Gasteiger partial charge is 0.496 e. The smallest absolute Gasteiger partial charge is 0.168 e. The second-order valence-electron chi connectivity index (χ2n) is 3.09. The minimum atomic E-state index is 0.222. The molecule has 0 saturated carbocycles. The molecule has 0 aromatic carbocycles. The zero-order valence-corrected chi connectivity index (χ0v) is 8.51. The molecule has 16 heavy (non-hydrogen) atoms. The van der Waals surface area contributed by atoms with E-state index in [0.29, 0.717) is 29.4 Å². The predicted octanol–water partition coefficient (Wildman–Crippen LogP) is 1.26. The molecule has 0 saturated heterocycles. The minimum absolute atomic E-state index is 0.222. The van der Waals surface area contributed by atoms with E-state index in [1.807, 2.05) is 0 Å². The van der Waals surface area contributed by atoms with Gasteiger partial charge in [0.25, 0.3) is 0 Å². The Morgan fingerprint density at radius 1 is 1.12 bits per heavy atom. The van der Waals surface area contributed by atoms with Crippen molar-refractivity contribution >= 4 is 23.6 Å². The van der Waals surface area contributed by atoms with E-state index < -0.39 is 0 Å². The van der Waals surface area contributed by atoms with Crippen LogP contribution in [0, 0.1) is 0 Å². The van der Waals surface area contributed by atoms with Gasteiger partial charge in [0.1, 0.15) is 17.1 Å². The van der Waals surface area contributed by atoms with Gasteiger partial charge in [-0.1, -0.05) is 0 Å². The first kappa shape index (κ1) is 10.2. The molecule has 5 heteroatoms. The van der Waals surface area contributed by atoms with Gasteiger partial charge in [0.2, 0.25) is 0 Å². The molecule has 80 valence electrons. The summed E-state index contributed by atoms with van der Waals surface area (Å²) in [5.74, 6) is 0.511. The average molecular weight is 216 g/mol. The molecule has 0 aliphatic rings. The molecule has 0 aliphatic heterocycles. The van der Waals surface area contributed by atoms with Crippen LogP contribution in [0.2, 0.25) is 0 Å². The van der Waals surface area contributed by atoms with E-state index in [1.165, 1.54) is 13.2 Å². The van der Waals surface area contributed by atoms with Crippen molar-refractivity contribution in [1.29, 1.82) is 0 Å². The first-order chi connectivity index (χ1) is 7.78. The molecule has 0 unspecified atom stereocenters. The fourth-order valence-electron chi connectivity index (χ4n) is 1.40. The highest BCUT2D eigenvalue weighted by Crippen LogP contribution is 2.23. The van der Waals surface area contributed by atoms with E-state index in [1.54, 1.807) is 12.1 Å². The lowest BCUT2D eigenvalue weighted by atomic mass is 10.2. The quantitative estimate of drug-likeness (QED) is 0.722. The van der Waals surface area contributed by atoms with Gasteiger partial charge in [0.15, 0.2) is 18.2 Å². The van der Waals surface area contributed by atoms with Gasteiger partial charge in [-0.15, -0.1) is 0 Å². The SMILES string of the molecule is COc1cc(C=O)nc2nc(C=O)ccc12. The molecule has 2 aromatic rings. The lowest BCUT2D eigenvalue weighted by molar-refractivity contribution is 0.111. The molecular weight excluding hydrogens is 208 g/mol. The Morgan fingerprint density at radius 2 is 1.81 bits per heavy atom. The van der Waals surface area contributed by atoms with Crippen LogP contribution in [0.25, 0.3) is 11.0 Å². The molecule has 0 fully saturated rings. The summed E-state index contributed by atoms with van der Waals surface area (Å²) in [6.07, 6.45) is 1.23. The normalized spacial score (nSPS) is 10.1. The molecular formula is C11H8N2O3. The molecule has 5 nitrogen and oxygen atoms in total. The van der Waals surface area contributed by atoms with Crippen molar-refractivity contribution in [3.8, 4) is 5.75 Å². The second kappa shape index (κ2) is 4.06. The number of rotatable bonds is 3. The van der Waals surface area contributed by atoms with Crippen molar-refractivity contribution in [3.05, 3.63) is 29.6 Å². The lowest BCUT2D eigenvalue weighted by Crippen LogP contribution is -1.96. The van der Waals surface area contributed by atoms with E-state index >= 15 is 0 Å². The number of nitrogens with zero attached hydrogens (tertiary/aromatic N) is 2. The Morgan fingerprint density at radius 3 is 2.44 bits per heavy atom. The van der Waals surface area contributed by atoms with Crippen LogP contribution in [0.4, 0.5) is 0 Å². The van der Waals surface area contributed by atoms with E-state index in [9.17, 15) is 9.59 Å². The molecule has 2 heterocycles. The molecule has 0 radical (unpaired) electrons. The summed E-state index contributed by atoms with van der Waals surface area (Å²) in [5, 5.41) is 0.665. The molecule has 0 N–H and O–H groups in total. The van der Waals surface area contributed by atoms with Crippen LogP contribution in [0.1, 0.15) is 21.0 Å². The summed E-state index contributed by atoms with van der Waals surface area (Å²) in [5.41, 5.74) is 0.816. The Labute approximate surface area is 91.1 Å². The van der Waals surface area contributed by atoms with Crippen LogP contribution in [0.15, 0.2) is 18.2 Å². The van der Waals surface area contributed by atoms with Gasteiger partial charge < -0.3 is 4.74 Å². The zero-order chi connectivity index (χ0) is 11.5. The van der Waals surface area contributed by atoms with Crippen molar-refractivity contribution in [2.24, 2.45) is 0 Å². The highest BCUT2D eigenvalue weighted by molar-refractivity contribution is 5.88. The maximum absolute atomic E-state index is 10.7. The standard InChI is InChI=1S/C11H8N2O3/c1-16-10-4-8(6-15)13-11-9(10)3-2-7(5-14)12-11/h2-6H,1H3. The third-order valence-electron chi connectivity index (χ3n) is 2.14. The van der Waals surface area contributed by atoms with Crippen LogP contribution in [0.3, 0.4) is 0 Å². The Kier molecular flexibility index (Phi) is 2.59. The van der Waals surface area contributed by atoms with Crippen molar-refractivity contribution in [3.63, 3.8) is 0 Å². The lowest BCUT2D eigenvalue weighted by Gasteiger charge is -2.05. The highest BCUT2D eigenvalue weighted by Gasteiger charge is 2.07. The maximum Gasteiger partial charge on any atom is 0.168 e. The number of ether oxygens (including phenoxy) is 1. The monoisotopic (exact) mass is 216 g/mol. The van der Waals surface area contributed by atoms with Gasteiger partial charge in [0.05, 0.1) is 12.5 Å². The van der Waals surface area contributed by atoms with Crippen molar-refractivity contribution in [1.82, 2.24) is 9.97 Å². The van der Waals surface area contributed by atoms with Gasteiger partial charge in [-0.3, -0.25) is 9.59 Å². The van der Waals surface area contributed by atoms with Gasteiger partial charge in [0, 0.05) is 6.07 Å². The molecule has 2 aromatic heterocycles. The van der Waals surface area contributed by atoms with Gasteiger partial charge >= 0.3 is 0 Å². The Balaban J connectivity index is 2.78. The van der Waals surface area contributed by atoms with Gasteiger partial charge in [-0.25, -0.2) is 9.97 Å². The van der Waals surface area contributed by atoms with E-state index in [4.69, 9.17) is 4.74 Å². The zero-order valence-electron chi connectivity index (χ0n) is 8.51. The topological polar surface area (TPSA) is 69.2 Å². The fourth-order valence-corrected chi connectivity index (χ4v) is 1.40. The predicted molar refractivity (Wildman–Crippen MR) is 56.9 cm³/mol. The minimum Gasteiger partial charge on any atom is -0.496 e. The van der Waals surface area contributed by atoms with E-state index in [-0.39, 0.29) is 11.4 Å². The maximum atomic E-state index is 10.7. The average Bonchev–Trinajstić information content (AvgIpc) is 2.36. The van der Waals surface area contributed by atoms with E-state index in [0.717, 1.165) is 0 Å². The summed E-state index contributed by atoms with van der Waals surface area (Å²) < 4.78 is 5.12. The number of pyridine rings is 2. The number of hydrogen-bond donors (Lipinski definition) is 0. The summed E-state index contributed by atoms with van der Waals surface area (Å²) in [6.45, 7) is 0. The number of hydrogen-bond acceptors (Lipinski definition) is 5. The van der Waals surface area contributed by atoms with Crippen LogP contribution >= 0.6 is 0 Å². The highest BCUT2D eigenvalue weighted by atomic mass is 16.5. The van der Waals surface area contributed by atoms with Crippen LogP contribution in [-0.2, 0) is 0 Å². The third-order valence-corrected chi connectivity index (χ3v) is 2.14. The van der Waals surface area contributed by atoms with Gasteiger partial charge in [-0.2, -0.15) is 0 Å². The first-order valence-electron chi connectivity index (χ1n) is 4.54. The Hall–Kier alpha value is -2.30. The first-order valence-corrected chi connectivity index (χ1v) is 4.54. The second-order valence-corrected chi connectivity index (χ2v) is 3.09. The molecule has 0 aliphatic carbocycles. The number of aromatic nitrogens is 2. The summed E-state index contributed by atoms with van der Waals surface area (Å²) in [6, 6.07) is 4.78. The van der Waals surface area contributed by atoms with Crippen LogP contribution < -0.4 is 4.74 Å². The van der Waals surface area contributed by atoms with Gasteiger partial charge in [-0.05, 0) is 12.1 Å². The van der Waals surface area contributed by atoms with Crippen molar-refractivity contribution < 1.29 is 14.3 Å². The van der Waals surface area contributed by atoms with Crippen LogP contribution in [-0.4, -0.2) is 29.7 Å². The molecule has 0 spiro atoms. The van der Waals surface area contributed by atoms with Crippen LogP contribution in [0.5, 0.6) is 5.75 Å². The van der Waals surface area contributed by atoms with E-state index in [2.05, 4.69) is 9.97 Å². The van der Waals surface area contributed by atoms with Crippen molar-refractivity contribution in [2.75, 3.05) is 7.11 Å². The van der Waals surface area contributed by atoms with Crippen molar-refractivity contribution in [2.45, 2.75) is 0 Å². The number of methoxy groups -OCH3 is 1. The number of fused-ring (bicyclic) bond motifs is 1. The summed E-state index contributed by atoms with van der Waals surface area (Å²) >= 11 is 0. The number of aldehydes is 2. The number of carbonyl (C=O) groups excluding carboxylic acids is 2. The number of carbonyl (C=O) groups is 2. The Bertz CT molecular complexity index is 561. The molecule has 0 atom stereocenters. The summed E-state index contributed by atoms with van der Waals surface area (Å²) in [7, 11) is 1.50. The fraction of sp³-hybridized carbons (Fsp3) is 0.0909. The molecule has 0 bridgehead atoms. The molecule has 2 rings (SSSR count). The third kappa shape index (κ3) is 1.63. The molecule has 0 amide bonds.